The Kier molecular flexibility index (Phi) is 2.17. The van der Waals surface area contributed by atoms with Crippen LogP contribution in [0.1, 0.15) is 45.4 Å². The van der Waals surface area contributed by atoms with Gasteiger partial charge in [-0.05, 0) is 38.5 Å². The molecule has 0 N–H and O–H groups in total. The number of ether oxygens (including phenoxy) is 1. The molecule has 4 atom stereocenters. The molecular weight excluding hydrogens is 200 g/mol. The summed E-state index contributed by atoms with van der Waals surface area (Å²) in [7, 11) is 0. The van der Waals surface area contributed by atoms with Gasteiger partial charge in [-0.3, -0.25) is 4.79 Å². The zero-order valence-electron chi connectivity index (χ0n) is 10.00. The monoisotopic (exact) mass is 220 g/mol. The van der Waals surface area contributed by atoms with Crippen molar-refractivity contribution in [1.82, 2.24) is 0 Å². The third-order valence-electron chi connectivity index (χ3n) is 4.92. The average molecular weight is 220 g/mol. The van der Waals surface area contributed by atoms with Crippen LogP contribution < -0.4 is 0 Å². The molecular formula is C14H20O2. The first-order chi connectivity index (χ1) is 7.62. The molecule has 2 aliphatic carbocycles. The van der Waals surface area contributed by atoms with Gasteiger partial charge in [-0.1, -0.05) is 25.0 Å². The molecule has 0 bridgehead atoms. The van der Waals surface area contributed by atoms with Gasteiger partial charge in [-0.25, -0.2) is 0 Å². The standard InChI is InChI=1S/C14H20O2/c1-9-7-8-14(2)12(9)10-5-3-4-6-11(10)13(15)16-14/h10-12H,1,3-8H2,2H3/t10-,11+,12-,14-/m1/s1. The molecule has 0 amide bonds. The van der Waals surface area contributed by atoms with Gasteiger partial charge in [-0.15, -0.1) is 0 Å². The second kappa shape index (κ2) is 3.35. The number of fused-ring (bicyclic) bond motifs is 3. The molecule has 2 saturated carbocycles. The smallest absolute Gasteiger partial charge is 0.309 e. The van der Waals surface area contributed by atoms with Crippen LogP contribution in [0.25, 0.3) is 0 Å². The number of carbonyl (C=O) groups excluding carboxylic acids is 1. The largest absolute Gasteiger partial charge is 0.458 e. The van der Waals surface area contributed by atoms with Crippen LogP contribution in [0.4, 0.5) is 0 Å². The summed E-state index contributed by atoms with van der Waals surface area (Å²) in [4.78, 5) is 12.0. The number of rotatable bonds is 0. The molecule has 0 radical (unpaired) electrons. The van der Waals surface area contributed by atoms with Gasteiger partial charge >= 0.3 is 5.97 Å². The van der Waals surface area contributed by atoms with Crippen LogP contribution in [-0.4, -0.2) is 11.6 Å². The molecule has 3 rings (SSSR count). The van der Waals surface area contributed by atoms with E-state index in [4.69, 9.17) is 4.74 Å². The first-order valence-corrected chi connectivity index (χ1v) is 6.52. The zero-order chi connectivity index (χ0) is 11.3. The Morgan fingerprint density at radius 2 is 2.12 bits per heavy atom. The van der Waals surface area contributed by atoms with Gasteiger partial charge in [0.1, 0.15) is 5.60 Å². The summed E-state index contributed by atoms with van der Waals surface area (Å²) in [6, 6.07) is 0. The Labute approximate surface area is 97.1 Å². The van der Waals surface area contributed by atoms with Crippen LogP contribution in [-0.2, 0) is 9.53 Å². The molecule has 1 heterocycles. The van der Waals surface area contributed by atoms with E-state index in [0.717, 1.165) is 19.3 Å². The van der Waals surface area contributed by atoms with Crippen LogP contribution in [0.2, 0.25) is 0 Å². The van der Waals surface area contributed by atoms with Crippen LogP contribution in [0.3, 0.4) is 0 Å². The highest BCUT2D eigenvalue weighted by atomic mass is 16.6. The van der Waals surface area contributed by atoms with Crippen molar-refractivity contribution in [3.05, 3.63) is 12.2 Å². The topological polar surface area (TPSA) is 26.3 Å². The van der Waals surface area contributed by atoms with Crippen molar-refractivity contribution in [2.45, 2.75) is 51.0 Å². The second-order valence-corrected chi connectivity index (χ2v) is 5.92. The third-order valence-corrected chi connectivity index (χ3v) is 4.92. The maximum Gasteiger partial charge on any atom is 0.309 e. The van der Waals surface area contributed by atoms with Gasteiger partial charge < -0.3 is 4.74 Å². The molecule has 0 aromatic carbocycles. The van der Waals surface area contributed by atoms with Crippen molar-refractivity contribution in [3.63, 3.8) is 0 Å². The van der Waals surface area contributed by atoms with Crippen LogP contribution in [0.15, 0.2) is 12.2 Å². The van der Waals surface area contributed by atoms with Crippen molar-refractivity contribution < 1.29 is 9.53 Å². The summed E-state index contributed by atoms with van der Waals surface area (Å²) in [6.45, 7) is 6.32. The third kappa shape index (κ3) is 1.28. The Morgan fingerprint density at radius 1 is 1.38 bits per heavy atom. The van der Waals surface area contributed by atoms with Gasteiger partial charge in [0.2, 0.25) is 0 Å². The fourth-order valence-electron chi connectivity index (χ4n) is 4.18. The van der Waals surface area contributed by atoms with E-state index in [1.807, 2.05) is 0 Å². The molecule has 3 fully saturated rings. The van der Waals surface area contributed by atoms with Gasteiger partial charge in [0.05, 0.1) is 5.92 Å². The lowest BCUT2D eigenvalue weighted by atomic mass is 9.65. The van der Waals surface area contributed by atoms with E-state index >= 15 is 0 Å². The first-order valence-electron chi connectivity index (χ1n) is 6.52. The summed E-state index contributed by atoms with van der Waals surface area (Å²) >= 11 is 0. The lowest BCUT2D eigenvalue weighted by Crippen LogP contribution is -2.51. The van der Waals surface area contributed by atoms with E-state index in [2.05, 4.69) is 13.5 Å². The highest BCUT2D eigenvalue weighted by molar-refractivity contribution is 5.75. The van der Waals surface area contributed by atoms with Gasteiger partial charge in [0, 0.05) is 5.92 Å². The molecule has 0 spiro atoms. The number of carbonyl (C=O) groups is 1. The molecule has 3 aliphatic rings. The molecule has 1 aliphatic heterocycles. The average Bonchev–Trinajstić information content (AvgIpc) is 2.55. The Hall–Kier alpha value is -0.790. The van der Waals surface area contributed by atoms with Crippen LogP contribution >= 0.6 is 0 Å². The van der Waals surface area contributed by atoms with Crippen molar-refractivity contribution in [2.24, 2.45) is 17.8 Å². The van der Waals surface area contributed by atoms with Gasteiger partial charge in [0.25, 0.3) is 0 Å². The van der Waals surface area contributed by atoms with Crippen molar-refractivity contribution in [2.75, 3.05) is 0 Å². The molecule has 0 aromatic rings. The number of hydrogen-bond donors (Lipinski definition) is 0. The summed E-state index contributed by atoms with van der Waals surface area (Å²) in [6.07, 6.45) is 6.70. The van der Waals surface area contributed by atoms with Crippen LogP contribution in [0, 0.1) is 17.8 Å². The quantitative estimate of drug-likeness (QED) is 0.463. The molecule has 2 nitrogen and oxygen atoms in total. The van der Waals surface area contributed by atoms with Crippen molar-refractivity contribution >= 4 is 5.97 Å². The summed E-state index contributed by atoms with van der Waals surface area (Å²) in [5.74, 6) is 1.20. The highest BCUT2D eigenvalue weighted by Gasteiger charge is 2.56. The predicted octanol–water partition coefficient (Wildman–Crippen LogP) is 3.07. The van der Waals surface area contributed by atoms with E-state index in [0.29, 0.717) is 11.8 Å². The number of esters is 1. The lowest BCUT2D eigenvalue weighted by Gasteiger charge is -2.47. The number of hydrogen-bond acceptors (Lipinski definition) is 2. The highest BCUT2D eigenvalue weighted by Crippen LogP contribution is 2.54. The minimum atomic E-state index is -0.229. The minimum absolute atomic E-state index is 0.0677. The van der Waals surface area contributed by atoms with Crippen LogP contribution in [0.5, 0.6) is 0 Å². The first kappa shape index (κ1) is 10.4. The zero-order valence-corrected chi connectivity index (χ0v) is 10.00. The van der Waals surface area contributed by atoms with Gasteiger partial charge in [0.15, 0.2) is 0 Å². The maximum atomic E-state index is 12.0. The molecule has 16 heavy (non-hydrogen) atoms. The summed E-state index contributed by atoms with van der Waals surface area (Å²) in [5, 5.41) is 0. The fourth-order valence-corrected chi connectivity index (χ4v) is 4.18. The minimum Gasteiger partial charge on any atom is -0.458 e. The van der Waals surface area contributed by atoms with Gasteiger partial charge in [-0.2, -0.15) is 0 Å². The van der Waals surface area contributed by atoms with E-state index < -0.39 is 0 Å². The normalized spacial score (nSPS) is 47.2. The summed E-state index contributed by atoms with van der Waals surface area (Å²) in [5.41, 5.74) is 1.10. The Bertz CT molecular complexity index is 347. The van der Waals surface area contributed by atoms with Crippen molar-refractivity contribution in [3.8, 4) is 0 Å². The molecule has 0 unspecified atom stereocenters. The van der Waals surface area contributed by atoms with E-state index in [9.17, 15) is 4.79 Å². The van der Waals surface area contributed by atoms with E-state index in [1.54, 1.807) is 0 Å². The van der Waals surface area contributed by atoms with E-state index in [-0.39, 0.29) is 17.5 Å². The van der Waals surface area contributed by atoms with E-state index in [1.165, 1.54) is 24.8 Å². The molecule has 2 heteroatoms. The van der Waals surface area contributed by atoms with Crippen molar-refractivity contribution in [1.29, 1.82) is 0 Å². The fraction of sp³-hybridized carbons (Fsp3) is 0.786. The molecule has 1 saturated heterocycles. The predicted molar refractivity (Wildman–Crippen MR) is 61.8 cm³/mol. The molecule has 88 valence electrons. The maximum absolute atomic E-state index is 12.0. The Morgan fingerprint density at radius 3 is 2.94 bits per heavy atom. The molecule has 0 aromatic heterocycles. The SMILES string of the molecule is C=C1CC[C@@]2(C)OC(=O)[C@H]3CCCC[C@H]3[C@@H]12. The second-order valence-electron chi connectivity index (χ2n) is 5.92. The lowest BCUT2D eigenvalue weighted by molar-refractivity contribution is -0.187. The summed E-state index contributed by atoms with van der Waals surface area (Å²) < 4.78 is 5.74. The Balaban J connectivity index is 1.97.